The highest BCUT2D eigenvalue weighted by Crippen LogP contribution is 2.38. The molecule has 0 saturated heterocycles. The van der Waals surface area contributed by atoms with E-state index in [4.69, 9.17) is 18.9 Å². The molecule has 0 aliphatic rings. The number of nitrogens with one attached hydrogen (secondary N) is 1. The maximum Gasteiger partial charge on any atom is 0.244 e. The third-order valence-electron chi connectivity index (χ3n) is 3.79. The molecule has 144 valence electrons. The first-order valence-corrected chi connectivity index (χ1v) is 8.59. The van der Waals surface area contributed by atoms with Crippen molar-refractivity contribution in [2.75, 3.05) is 27.9 Å². The van der Waals surface area contributed by atoms with Crippen molar-refractivity contribution in [3.63, 3.8) is 0 Å². The van der Waals surface area contributed by atoms with Gasteiger partial charge in [-0.1, -0.05) is 12.1 Å². The summed E-state index contributed by atoms with van der Waals surface area (Å²) in [6.07, 6.45) is 3.16. The Balaban J connectivity index is 2.03. The second-order valence-corrected chi connectivity index (χ2v) is 5.59. The van der Waals surface area contributed by atoms with Crippen molar-refractivity contribution >= 4 is 12.0 Å². The Kier molecular flexibility index (Phi) is 7.55. The molecule has 2 aromatic carbocycles. The zero-order chi connectivity index (χ0) is 19.6. The Morgan fingerprint density at radius 3 is 2.33 bits per heavy atom. The number of rotatable bonds is 9. The lowest BCUT2D eigenvalue weighted by atomic mass is 10.1. The standard InChI is InChI=1S/C21H25NO5/c1-5-27-17-8-6-7-16(11-17)14-22-20(23)10-9-15-12-18(24-2)21(26-4)19(13-15)25-3/h6-13H,5,14H2,1-4H3,(H,22,23). The predicted octanol–water partition coefficient (Wildman–Crippen LogP) is 3.44. The van der Waals surface area contributed by atoms with E-state index in [-0.39, 0.29) is 5.91 Å². The van der Waals surface area contributed by atoms with Gasteiger partial charge >= 0.3 is 0 Å². The van der Waals surface area contributed by atoms with Crippen molar-refractivity contribution < 1.29 is 23.7 Å². The Morgan fingerprint density at radius 2 is 1.74 bits per heavy atom. The van der Waals surface area contributed by atoms with E-state index in [1.807, 2.05) is 31.2 Å². The molecule has 1 amide bonds. The zero-order valence-corrected chi connectivity index (χ0v) is 16.1. The van der Waals surface area contributed by atoms with Crippen LogP contribution in [0.2, 0.25) is 0 Å². The second-order valence-electron chi connectivity index (χ2n) is 5.59. The lowest BCUT2D eigenvalue weighted by Gasteiger charge is -2.12. The van der Waals surface area contributed by atoms with Gasteiger partial charge in [-0.2, -0.15) is 0 Å². The first-order chi connectivity index (χ1) is 13.1. The van der Waals surface area contributed by atoms with E-state index in [1.165, 1.54) is 6.08 Å². The maximum absolute atomic E-state index is 12.1. The molecule has 0 radical (unpaired) electrons. The average molecular weight is 371 g/mol. The number of methoxy groups -OCH3 is 3. The molecule has 0 aromatic heterocycles. The first-order valence-electron chi connectivity index (χ1n) is 8.59. The second kappa shape index (κ2) is 10.1. The lowest BCUT2D eigenvalue weighted by Crippen LogP contribution is -2.20. The number of hydrogen-bond acceptors (Lipinski definition) is 5. The van der Waals surface area contributed by atoms with E-state index >= 15 is 0 Å². The van der Waals surface area contributed by atoms with Crippen LogP contribution in [0.5, 0.6) is 23.0 Å². The van der Waals surface area contributed by atoms with Gasteiger partial charge in [-0.05, 0) is 48.4 Å². The van der Waals surface area contributed by atoms with Crippen molar-refractivity contribution in [1.29, 1.82) is 0 Å². The van der Waals surface area contributed by atoms with Crippen LogP contribution < -0.4 is 24.3 Å². The summed E-state index contributed by atoms with van der Waals surface area (Å²) in [6.45, 7) is 2.95. The molecule has 2 aromatic rings. The molecule has 0 unspecified atom stereocenters. The molecule has 0 atom stereocenters. The van der Waals surface area contributed by atoms with E-state index in [2.05, 4.69) is 5.32 Å². The summed E-state index contributed by atoms with van der Waals surface area (Å²) in [5.41, 5.74) is 1.73. The molecule has 1 N–H and O–H groups in total. The maximum atomic E-state index is 12.1. The predicted molar refractivity (Wildman–Crippen MR) is 105 cm³/mol. The number of hydrogen-bond donors (Lipinski definition) is 1. The number of ether oxygens (including phenoxy) is 4. The smallest absolute Gasteiger partial charge is 0.244 e. The minimum Gasteiger partial charge on any atom is -0.494 e. The van der Waals surface area contributed by atoms with Crippen LogP contribution in [0.1, 0.15) is 18.1 Å². The van der Waals surface area contributed by atoms with E-state index < -0.39 is 0 Å². The SMILES string of the molecule is CCOc1cccc(CNC(=O)C=Cc2cc(OC)c(OC)c(OC)c2)c1. The Labute approximate surface area is 159 Å². The summed E-state index contributed by atoms with van der Waals surface area (Å²) in [4.78, 5) is 12.1. The van der Waals surface area contributed by atoms with Gasteiger partial charge in [0.25, 0.3) is 0 Å². The molecular formula is C21H25NO5. The molecule has 0 aliphatic carbocycles. The fourth-order valence-electron chi connectivity index (χ4n) is 2.53. The Morgan fingerprint density at radius 1 is 1.04 bits per heavy atom. The summed E-state index contributed by atoms with van der Waals surface area (Å²) in [6, 6.07) is 11.2. The summed E-state index contributed by atoms with van der Waals surface area (Å²) >= 11 is 0. The molecule has 0 aliphatic heterocycles. The molecule has 0 spiro atoms. The molecule has 27 heavy (non-hydrogen) atoms. The van der Waals surface area contributed by atoms with Crippen LogP contribution in [-0.2, 0) is 11.3 Å². The monoisotopic (exact) mass is 371 g/mol. The fraction of sp³-hybridized carbons (Fsp3) is 0.286. The van der Waals surface area contributed by atoms with E-state index in [1.54, 1.807) is 39.5 Å². The highest BCUT2D eigenvalue weighted by atomic mass is 16.5. The molecular weight excluding hydrogens is 346 g/mol. The van der Waals surface area contributed by atoms with Crippen molar-refractivity contribution in [1.82, 2.24) is 5.32 Å². The topological polar surface area (TPSA) is 66.0 Å². The molecule has 6 heteroatoms. The third kappa shape index (κ3) is 5.67. The molecule has 6 nitrogen and oxygen atoms in total. The number of amides is 1. The van der Waals surface area contributed by atoms with Crippen LogP contribution in [0.3, 0.4) is 0 Å². The molecule has 0 fully saturated rings. The highest BCUT2D eigenvalue weighted by molar-refractivity contribution is 5.91. The Bertz CT molecular complexity index is 776. The van der Waals surface area contributed by atoms with Gasteiger partial charge < -0.3 is 24.3 Å². The van der Waals surface area contributed by atoms with Gasteiger partial charge in [0.2, 0.25) is 11.7 Å². The van der Waals surface area contributed by atoms with E-state index in [9.17, 15) is 4.79 Å². The number of carbonyl (C=O) groups excluding carboxylic acids is 1. The highest BCUT2D eigenvalue weighted by Gasteiger charge is 2.12. The van der Waals surface area contributed by atoms with Crippen molar-refractivity contribution in [3.05, 3.63) is 53.6 Å². The normalized spacial score (nSPS) is 10.5. The van der Waals surface area contributed by atoms with Gasteiger partial charge in [0, 0.05) is 12.6 Å². The van der Waals surface area contributed by atoms with Gasteiger partial charge in [0.1, 0.15) is 5.75 Å². The van der Waals surface area contributed by atoms with Crippen molar-refractivity contribution in [3.8, 4) is 23.0 Å². The van der Waals surface area contributed by atoms with Gasteiger partial charge in [-0.15, -0.1) is 0 Å². The Hall–Kier alpha value is -3.15. The van der Waals surface area contributed by atoms with Crippen LogP contribution >= 0.6 is 0 Å². The van der Waals surface area contributed by atoms with Crippen LogP contribution in [-0.4, -0.2) is 33.8 Å². The minimum absolute atomic E-state index is 0.203. The van der Waals surface area contributed by atoms with Crippen LogP contribution in [0.4, 0.5) is 0 Å². The summed E-state index contributed by atoms with van der Waals surface area (Å²) in [7, 11) is 4.64. The lowest BCUT2D eigenvalue weighted by molar-refractivity contribution is -0.116. The number of carbonyl (C=O) groups is 1. The quantitative estimate of drug-likeness (QED) is 0.684. The average Bonchev–Trinajstić information content (AvgIpc) is 2.70. The van der Waals surface area contributed by atoms with Gasteiger partial charge in [0.05, 0.1) is 27.9 Å². The summed E-state index contributed by atoms with van der Waals surface area (Å²) in [5, 5.41) is 2.85. The summed E-state index contributed by atoms with van der Waals surface area (Å²) in [5.74, 6) is 2.16. The zero-order valence-electron chi connectivity index (χ0n) is 16.1. The van der Waals surface area contributed by atoms with Gasteiger partial charge in [-0.3, -0.25) is 4.79 Å². The van der Waals surface area contributed by atoms with Crippen molar-refractivity contribution in [2.24, 2.45) is 0 Å². The van der Waals surface area contributed by atoms with Crippen LogP contribution in [0, 0.1) is 0 Å². The van der Waals surface area contributed by atoms with Crippen LogP contribution in [0.25, 0.3) is 6.08 Å². The van der Waals surface area contributed by atoms with Gasteiger partial charge in [0.15, 0.2) is 11.5 Å². The fourth-order valence-corrected chi connectivity index (χ4v) is 2.53. The van der Waals surface area contributed by atoms with E-state index in [0.717, 1.165) is 16.9 Å². The molecule has 0 heterocycles. The summed E-state index contributed by atoms with van der Waals surface area (Å²) < 4.78 is 21.4. The van der Waals surface area contributed by atoms with E-state index in [0.29, 0.717) is 30.4 Å². The molecule has 0 saturated carbocycles. The molecule has 0 bridgehead atoms. The minimum atomic E-state index is -0.203. The largest absolute Gasteiger partial charge is 0.494 e. The third-order valence-corrected chi connectivity index (χ3v) is 3.79. The number of benzene rings is 2. The van der Waals surface area contributed by atoms with Crippen LogP contribution in [0.15, 0.2) is 42.5 Å². The first kappa shape index (κ1) is 20.2. The molecule has 2 rings (SSSR count). The van der Waals surface area contributed by atoms with Gasteiger partial charge in [-0.25, -0.2) is 0 Å². The van der Waals surface area contributed by atoms with Crippen molar-refractivity contribution in [2.45, 2.75) is 13.5 Å².